The number of carbonyl (C=O) groups is 1. The molecule has 1 unspecified atom stereocenters. The molecule has 24 heavy (non-hydrogen) atoms. The molecule has 0 aromatic heterocycles. The maximum atomic E-state index is 12.2. The van der Waals surface area contributed by atoms with E-state index < -0.39 is 0 Å². The van der Waals surface area contributed by atoms with Crippen LogP contribution in [0.25, 0.3) is 0 Å². The van der Waals surface area contributed by atoms with Gasteiger partial charge in [0.25, 0.3) is 0 Å². The van der Waals surface area contributed by atoms with Crippen molar-refractivity contribution in [2.45, 2.75) is 37.1 Å². The summed E-state index contributed by atoms with van der Waals surface area (Å²) in [7, 11) is 0. The van der Waals surface area contributed by atoms with Crippen LogP contribution in [0.4, 0.5) is 0 Å². The smallest absolute Gasteiger partial charge is 0.230 e. The maximum Gasteiger partial charge on any atom is 0.230 e. The highest BCUT2D eigenvalue weighted by Gasteiger charge is 2.13. The van der Waals surface area contributed by atoms with Gasteiger partial charge < -0.3 is 5.32 Å². The van der Waals surface area contributed by atoms with Gasteiger partial charge in [0.15, 0.2) is 0 Å². The highest BCUT2D eigenvalue weighted by Crippen LogP contribution is 2.27. The molecule has 122 valence electrons. The minimum atomic E-state index is -0.0640. The number of rotatable bonds is 5. The SMILES string of the molecule is CC(NC(=O)CSc1ccc2c(c1)CCC2)c1ccc(C#N)cc1. The standard InChI is InChI=1S/C20H20N2OS/c1-14(16-7-5-15(12-21)6-8-16)22-20(23)13-24-19-10-9-17-3-2-4-18(17)11-19/h5-11,14H,2-4,13H2,1H3,(H,22,23). The van der Waals surface area contributed by atoms with E-state index in [4.69, 9.17) is 5.26 Å². The molecule has 0 bridgehead atoms. The van der Waals surface area contributed by atoms with Gasteiger partial charge in [-0.2, -0.15) is 5.26 Å². The van der Waals surface area contributed by atoms with E-state index in [-0.39, 0.29) is 11.9 Å². The summed E-state index contributed by atoms with van der Waals surface area (Å²) < 4.78 is 0. The topological polar surface area (TPSA) is 52.9 Å². The molecule has 0 radical (unpaired) electrons. The van der Waals surface area contributed by atoms with Crippen molar-refractivity contribution in [3.8, 4) is 6.07 Å². The molecule has 3 rings (SSSR count). The molecule has 1 aliphatic rings. The maximum absolute atomic E-state index is 12.2. The molecule has 0 saturated carbocycles. The summed E-state index contributed by atoms with van der Waals surface area (Å²) >= 11 is 1.58. The monoisotopic (exact) mass is 336 g/mol. The molecule has 4 heteroatoms. The van der Waals surface area contributed by atoms with Crippen LogP contribution in [0.1, 0.15) is 41.6 Å². The van der Waals surface area contributed by atoms with Crippen molar-refractivity contribution in [2.24, 2.45) is 0 Å². The van der Waals surface area contributed by atoms with Gasteiger partial charge in [-0.1, -0.05) is 18.2 Å². The molecule has 1 atom stereocenters. The van der Waals surface area contributed by atoms with Crippen LogP contribution in [-0.4, -0.2) is 11.7 Å². The molecule has 3 nitrogen and oxygen atoms in total. The highest BCUT2D eigenvalue weighted by atomic mass is 32.2. The second-order valence-corrected chi connectivity index (χ2v) is 7.14. The van der Waals surface area contributed by atoms with Gasteiger partial charge in [0, 0.05) is 4.90 Å². The van der Waals surface area contributed by atoms with Crippen LogP contribution in [0.5, 0.6) is 0 Å². The average Bonchev–Trinajstić information content (AvgIpc) is 3.07. The summed E-state index contributed by atoms with van der Waals surface area (Å²) in [4.78, 5) is 13.3. The Hall–Kier alpha value is -2.25. The average molecular weight is 336 g/mol. The predicted molar refractivity (Wildman–Crippen MR) is 96.9 cm³/mol. The van der Waals surface area contributed by atoms with E-state index in [9.17, 15) is 4.79 Å². The Labute approximate surface area is 147 Å². The lowest BCUT2D eigenvalue weighted by Crippen LogP contribution is -2.28. The summed E-state index contributed by atoms with van der Waals surface area (Å²) in [5, 5.41) is 11.8. The van der Waals surface area contributed by atoms with Crippen molar-refractivity contribution < 1.29 is 4.79 Å². The zero-order valence-corrected chi connectivity index (χ0v) is 14.5. The number of fused-ring (bicyclic) bond motifs is 1. The minimum absolute atomic E-state index is 0.0253. The zero-order valence-electron chi connectivity index (χ0n) is 13.7. The van der Waals surface area contributed by atoms with Gasteiger partial charge in [-0.15, -0.1) is 11.8 Å². The molecule has 0 saturated heterocycles. The van der Waals surface area contributed by atoms with E-state index in [0.717, 1.165) is 16.9 Å². The number of carbonyl (C=O) groups excluding carboxylic acids is 1. The fraction of sp³-hybridized carbons (Fsp3) is 0.300. The van der Waals surface area contributed by atoms with Crippen molar-refractivity contribution in [3.05, 3.63) is 64.7 Å². The lowest BCUT2D eigenvalue weighted by molar-refractivity contribution is -0.119. The molecule has 2 aromatic carbocycles. The van der Waals surface area contributed by atoms with Crippen LogP contribution in [0.3, 0.4) is 0 Å². The fourth-order valence-corrected chi connectivity index (χ4v) is 3.77. The number of amides is 1. The highest BCUT2D eigenvalue weighted by molar-refractivity contribution is 8.00. The third kappa shape index (κ3) is 3.98. The lowest BCUT2D eigenvalue weighted by Gasteiger charge is -2.14. The van der Waals surface area contributed by atoms with Crippen molar-refractivity contribution >= 4 is 17.7 Å². The molecule has 1 aliphatic carbocycles. The van der Waals surface area contributed by atoms with Crippen molar-refractivity contribution in [1.82, 2.24) is 5.32 Å². The van der Waals surface area contributed by atoms with Crippen molar-refractivity contribution in [3.63, 3.8) is 0 Å². The first kappa shape index (κ1) is 16.6. The summed E-state index contributed by atoms with van der Waals surface area (Å²) in [6.07, 6.45) is 3.58. The summed E-state index contributed by atoms with van der Waals surface area (Å²) in [5.74, 6) is 0.441. The quantitative estimate of drug-likeness (QED) is 0.839. The van der Waals surface area contributed by atoms with Crippen molar-refractivity contribution in [1.29, 1.82) is 5.26 Å². The number of nitrogens with one attached hydrogen (secondary N) is 1. The van der Waals surface area contributed by atoms with Gasteiger partial charge >= 0.3 is 0 Å². The van der Waals surface area contributed by atoms with Crippen LogP contribution in [0.2, 0.25) is 0 Å². The molecule has 0 aliphatic heterocycles. The number of aryl methyl sites for hydroxylation is 2. The molecule has 0 fully saturated rings. The Morgan fingerprint density at radius 2 is 1.96 bits per heavy atom. The number of thioether (sulfide) groups is 1. The van der Waals surface area contributed by atoms with Gasteiger partial charge in [-0.25, -0.2) is 0 Å². The Kier molecular flexibility index (Phi) is 5.22. The van der Waals surface area contributed by atoms with Crippen LogP contribution >= 0.6 is 11.8 Å². The number of nitriles is 1. The second-order valence-electron chi connectivity index (χ2n) is 6.10. The van der Waals surface area contributed by atoms with E-state index in [1.165, 1.54) is 24.0 Å². The summed E-state index contributed by atoms with van der Waals surface area (Å²) in [5.41, 5.74) is 4.53. The Morgan fingerprint density at radius 1 is 1.21 bits per heavy atom. The van der Waals surface area contributed by atoms with E-state index in [1.54, 1.807) is 23.9 Å². The zero-order chi connectivity index (χ0) is 16.9. The van der Waals surface area contributed by atoms with Gasteiger partial charge in [0.05, 0.1) is 23.4 Å². The summed E-state index contributed by atoms with van der Waals surface area (Å²) in [6.45, 7) is 1.96. The fourth-order valence-electron chi connectivity index (χ4n) is 3.00. The Morgan fingerprint density at radius 3 is 2.71 bits per heavy atom. The van der Waals surface area contributed by atoms with Crippen molar-refractivity contribution in [2.75, 3.05) is 5.75 Å². The minimum Gasteiger partial charge on any atom is -0.349 e. The summed E-state index contributed by atoms with van der Waals surface area (Å²) in [6, 6.07) is 15.9. The van der Waals surface area contributed by atoms with Gasteiger partial charge in [0.1, 0.15) is 0 Å². The largest absolute Gasteiger partial charge is 0.349 e. The number of benzene rings is 2. The third-order valence-corrected chi connectivity index (χ3v) is 5.35. The number of hydrogen-bond acceptors (Lipinski definition) is 3. The number of nitrogens with zero attached hydrogens (tertiary/aromatic N) is 1. The van der Waals surface area contributed by atoms with Crippen LogP contribution in [0.15, 0.2) is 47.4 Å². The van der Waals surface area contributed by atoms with Gasteiger partial charge in [0.2, 0.25) is 5.91 Å². The van der Waals surface area contributed by atoms with E-state index in [1.807, 2.05) is 19.1 Å². The first-order valence-corrected chi connectivity index (χ1v) is 9.18. The van der Waals surface area contributed by atoms with Gasteiger partial charge in [-0.3, -0.25) is 4.79 Å². The first-order chi connectivity index (χ1) is 11.7. The first-order valence-electron chi connectivity index (χ1n) is 8.20. The van der Waals surface area contributed by atoms with Gasteiger partial charge in [-0.05, 0) is 67.1 Å². The normalized spacial score (nSPS) is 13.8. The second kappa shape index (κ2) is 7.55. The van der Waals surface area contributed by atoms with Crippen LogP contribution < -0.4 is 5.32 Å². The molecule has 1 amide bonds. The molecular formula is C20H20N2OS. The molecule has 2 aromatic rings. The Bertz CT molecular complexity index is 777. The Balaban J connectivity index is 1.52. The molecule has 0 heterocycles. The molecule has 0 spiro atoms. The van der Waals surface area contributed by atoms with E-state index in [2.05, 4.69) is 29.6 Å². The number of hydrogen-bond donors (Lipinski definition) is 1. The predicted octanol–water partition coefficient (Wildman–Crippen LogP) is 4.02. The lowest BCUT2D eigenvalue weighted by atomic mass is 10.1. The molecule has 1 N–H and O–H groups in total. The van der Waals surface area contributed by atoms with Crippen LogP contribution in [0, 0.1) is 11.3 Å². The van der Waals surface area contributed by atoms with E-state index in [0.29, 0.717) is 11.3 Å². The third-order valence-electron chi connectivity index (χ3n) is 4.36. The van der Waals surface area contributed by atoms with Crippen LogP contribution in [-0.2, 0) is 17.6 Å². The molecular weight excluding hydrogens is 316 g/mol. The van der Waals surface area contributed by atoms with E-state index >= 15 is 0 Å².